The highest BCUT2D eigenvalue weighted by molar-refractivity contribution is 4.85. The lowest BCUT2D eigenvalue weighted by molar-refractivity contribution is 0.0682. The molecule has 0 aromatic carbocycles. The van der Waals surface area contributed by atoms with Crippen LogP contribution in [-0.4, -0.2) is 30.6 Å². The van der Waals surface area contributed by atoms with Crippen LogP contribution in [0.3, 0.4) is 0 Å². The van der Waals surface area contributed by atoms with Crippen LogP contribution < -0.4 is 5.73 Å². The van der Waals surface area contributed by atoms with E-state index >= 15 is 0 Å². The van der Waals surface area contributed by atoms with E-state index in [0.29, 0.717) is 5.41 Å². The molecule has 1 atom stereocenters. The van der Waals surface area contributed by atoms with Gasteiger partial charge in [0.1, 0.15) is 0 Å². The van der Waals surface area contributed by atoms with Gasteiger partial charge < -0.3 is 10.6 Å². The van der Waals surface area contributed by atoms with E-state index in [1.165, 1.54) is 51.6 Å². The summed E-state index contributed by atoms with van der Waals surface area (Å²) < 4.78 is 0. The molecule has 1 unspecified atom stereocenters. The predicted octanol–water partition coefficient (Wildman–Crippen LogP) is 3.02. The second-order valence-electron chi connectivity index (χ2n) is 5.52. The molecular formula is C14H30N2. The standard InChI is InChI=1S/C14H30N2/c1-4-14(5-2)8-11-16(12-9-14)13(3)7-6-10-15/h13H,4-12,15H2,1-3H3. The third-order valence-electron chi connectivity index (χ3n) is 4.81. The summed E-state index contributed by atoms with van der Waals surface area (Å²) in [7, 11) is 0. The third kappa shape index (κ3) is 3.46. The fraction of sp³-hybridized carbons (Fsp3) is 1.00. The number of hydrogen-bond acceptors (Lipinski definition) is 2. The highest BCUT2D eigenvalue weighted by Gasteiger charge is 2.32. The van der Waals surface area contributed by atoms with Gasteiger partial charge in [-0.3, -0.25) is 0 Å². The summed E-state index contributed by atoms with van der Waals surface area (Å²) in [6, 6.07) is 0.732. The topological polar surface area (TPSA) is 29.3 Å². The first-order valence-corrected chi connectivity index (χ1v) is 7.11. The molecular weight excluding hydrogens is 196 g/mol. The Morgan fingerprint density at radius 3 is 2.19 bits per heavy atom. The molecule has 1 aliphatic heterocycles. The van der Waals surface area contributed by atoms with Gasteiger partial charge in [0.2, 0.25) is 0 Å². The third-order valence-corrected chi connectivity index (χ3v) is 4.81. The quantitative estimate of drug-likeness (QED) is 0.754. The number of hydrogen-bond donors (Lipinski definition) is 1. The van der Waals surface area contributed by atoms with Crippen LogP contribution in [0.25, 0.3) is 0 Å². The molecule has 0 bridgehead atoms. The largest absolute Gasteiger partial charge is 0.330 e. The van der Waals surface area contributed by atoms with Crippen LogP contribution in [0.2, 0.25) is 0 Å². The summed E-state index contributed by atoms with van der Waals surface area (Å²) in [5.41, 5.74) is 6.23. The Morgan fingerprint density at radius 1 is 1.19 bits per heavy atom. The summed E-state index contributed by atoms with van der Waals surface area (Å²) >= 11 is 0. The Kier molecular flexibility index (Phi) is 5.77. The average molecular weight is 226 g/mol. The molecule has 96 valence electrons. The molecule has 0 amide bonds. The van der Waals surface area contributed by atoms with E-state index in [9.17, 15) is 0 Å². The summed E-state index contributed by atoms with van der Waals surface area (Å²) in [6.07, 6.45) is 7.94. The van der Waals surface area contributed by atoms with Crippen molar-refractivity contribution < 1.29 is 0 Å². The van der Waals surface area contributed by atoms with Gasteiger partial charge in [-0.15, -0.1) is 0 Å². The zero-order valence-corrected chi connectivity index (χ0v) is 11.5. The second kappa shape index (κ2) is 6.61. The van der Waals surface area contributed by atoms with E-state index in [1.807, 2.05) is 0 Å². The van der Waals surface area contributed by atoms with Gasteiger partial charge in [-0.25, -0.2) is 0 Å². The maximum absolute atomic E-state index is 5.57. The first-order chi connectivity index (χ1) is 7.67. The second-order valence-corrected chi connectivity index (χ2v) is 5.52. The Balaban J connectivity index is 2.36. The lowest BCUT2D eigenvalue weighted by atomic mass is 9.74. The molecule has 0 spiro atoms. The van der Waals surface area contributed by atoms with Crippen molar-refractivity contribution >= 4 is 0 Å². The fourth-order valence-corrected chi connectivity index (χ4v) is 2.99. The Morgan fingerprint density at radius 2 is 1.75 bits per heavy atom. The molecule has 1 heterocycles. The minimum atomic E-state index is 0.657. The van der Waals surface area contributed by atoms with Crippen LogP contribution >= 0.6 is 0 Å². The summed E-state index contributed by atoms with van der Waals surface area (Å²) in [6.45, 7) is 10.5. The van der Waals surface area contributed by atoms with Gasteiger partial charge in [0.25, 0.3) is 0 Å². The fourth-order valence-electron chi connectivity index (χ4n) is 2.99. The van der Waals surface area contributed by atoms with Crippen molar-refractivity contribution in [3.8, 4) is 0 Å². The van der Waals surface area contributed by atoms with Crippen molar-refractivity contribution in [3.05, 3.63) is 0 Å². The van der Waals surface area contributed by atoms with Crippen molar-refractivity contribution in [3.63, 3.8) is 0 Å². The van der Waals surface area contributed by atoms with Crippen LogP contribution in [0.4, 0.5) is 0 Å². The molecule has 1 fully saturated rings. The van der Waals surface area contributed by atoms with Crippen molar-refractivity contribution in [2.75, 3.05) is 19.6 Å². The summed E-state index contributed by atoms with van der Waals surface area (Å²) in [5.74, 6) is 0. The smallest absolute Gasteiger partial charge is 0.00674 e. The number of nitrogens with two attached hydrogens (primary N) is 1. The normalized spacial score (nSPS) is 23.2. The molecule has 0 saturated carbocycles. The number of likely N-dealkylation sites (tertiary alicyclic amines) is 1. The van der Waals surface area contributed by atoms with Gasteiger partial charge in [-0.05, 0) is 57.7 Å². The van der Waals surface area contributed by atoms with E-state index in [2.05, 4.69) is 25.7 Å². The molecule has 1 saturated heterocycles. The number of piperidine rings is 1. The van der Waals surface area contributed by atoms with E-state index < -0.39 is 0 Å². The molecule has 1 aliphatic rings. The lowest BCUT2D eigenvalue weighted by Gasteiger charge is -2.43. The molecule has 2 N–H and O–H groups in total. The monoisotopic (exact) mass is 226 g/mol. The molecule has 2 nitrogen and oxygen atoms in total. The molecule has 2 heteroatoms. The highest BCUT2D eigenvalue weighted by Crippen LogP contribution is 2.38. The predicted molar refractivity (Wildman–Crippen MR) is 71.6 cm³/mol. The van der Waals surface area contributed by atoms with Gasteiger partial charge in [0.15, 0.2) is 0 Å². The summed E-state index contributed by atoms with van der Waals surface area (Å²) in [4.78, 5) is 2.67. The lowest BCUT2D eigenvalue weighted by Crippen LogP contribution is -2.44. The minimum Gasteiger partial charge on any atom is -0.330 e. The van der Waals surface area contributed by atoms with Crippen molar-refractivity contribution in [1.82, 2.24) is 4.90 Å². The molecule has 0 aromatic rings. The molecule has 16 heavy (non-hydrogen) atoms. The van der Waals surface area contributed by atoms with Crippen LogP contribution in [0.1, 0.15) is 59.3 Å². The molecule has 0 aliphatic carbocycles. The summed E-state index contributed by atoms with van der Waals surface area (Å²) in [5, 5.41) is 0. The van der Waals surface area contributed by atoms with Crippen LogP contribution in [0.15, 0.2) is 0 Å². The van der Waals surface area contributed by atoms with Gasteiger partial charge in [-0.1, -0.05) is 26.7 Å². The molecule has 0 aromatic heterocycles. The van der Waals surface area contributed by atoms with Crippen LogP contribution in [0, 0.1) is 5.41 Å². The van der Waals surface area contributed by atoms with E-state index in [-0.39, 0.29) is 0 Å². The van der Waals surface area contributed by atoms with E-state index in [1.54, 1.807) is 0 Å². The van der Waals surface area contributed by atoms with Crippen LogP contribution in [-0.2, 0) is 0 Å². The van der Waals surface area contributed by atoms with Crippen LogP contribution in [0.5, 0.6) is 0 Å². The zero-order chi connectivity index (χ0) is 12.0. The average Bonchev–Trinajstić information content (AvgIpc) is 2.36. The van der Waals surface area contributed by atoms with Crippen molar-refractivity contribution in [1.29, 1.82) is 0 Å². The van der Waals surface area contributed by atoms with E-state index in [0.717, 1.165) is 12.6 Å². The first kappa shape index (κ1) is 14.0. The number of rotatable bonds is 6. The van der Waals surface area contributed by atoms with Gasteiger partial charge in [0.05, 0.1) is 0 Å². The molecule has 0 radical (unpaired) electrons. The first-order valence-electron chi connectivity index (χ1n) is 7.11. The van der Waals surface area contributed by atoms with Crippen molar-refractivity contribution in [2.45, 2.75) is 65.3 Å². The van der Waals surface area contributed by atoms with Gasteiger partial charge >= 0.3 is 0 Å². The minimum absolute atomic E-state index is 0.657. The van der Waals surface area contributed by atoms with E-state index in [4.69, 9.17) is 5.73 Å². The SMILES string of the molecule is CCC1(CC)CCN(C(C)CCCN)CC1. The Labute approximate surface area is 102 Å². The Hall–Kier alpha value is -0.0800. The Bertz CT molecular complexity index is 177. The molecule has 1 rings (SSSR count). The van der Waals surface area contributed by atoms with Gasteiger partial charge in [-0.2, -0.15) is 0 Å². The number of nitrogens with zero attached hydrogens (tertiary/aromatic N) is 1. The maximum atomic E-state index is 5.57. The van der Waals surface area contributed by atoms with Crippen molar-refractivity contribution in [2.24, 2.45) is 11.1 Å². The maximum Gasteiger partial charge on any atom is 0.00674 e. The zero-order valence-electron chi connectivity index (χ0n) is 11.5. The van der Waals surface area contributed by atoms with Gasteiger partial charge in [0, 0.05) is 6.04 Å². The highest BCUT2D eigenvalue weighted by atomic mass is 15.2.